The lowest BCUT2D eigenvalue weighted by Crippen LogP contribution is -2.22. The van der Waals surface area contributed by atoms with Gasteiger partial charge in [-0.1, -0.05) is 56.3 Å². The molecule has 4 aromatic rings. The van der Waals surface area contributed by atoms with E-state index in [0.717, 1.165) is 37.3 Å². The zero-order chi connectivity index (χ0) is 20.9. The molecule has 0 spiro atoms. The van der Waals surface area contributed by atoms with Crippen LogP contribution in [0.25, 0.3) is 16.6 Å². The Bertz CT molecular complexity index is 1200. The van der Waals surface area contributed by atoms with Gasteiger partial charge in [-0.25, -0.2) is 9.67 Å². The summed E-state index contributed by atoms with van der Waals surface area (Å²) in [5, 5.41) is 13.3. The summed E-state index contributed by atoms with van der Waals surface area (Å²) >= 11 is 1.47. The summed E-state index contributed by atoms with van der Waals surface area (Å²) in [5.74, 6) is 1.32. The molecule has 0 aliphatic carbocycles. The van der Waals surface area contributed by atoms with Crippen LogP contribution in [-0.2, 0) is 18.7 Å². The van der Waals surface area contributed by atoms with Crippen molar-refractivity contribution in [1.29, 1.82) is 0 Å². The number of nitrogens with zero attached hydrogens (tertiary/aromatic N) is 6. The molecule has 0 N–H and O–H groups in total. The summed E-state index contributed by atoms with van der Waals surface area (Å²) in [5.41, 5.74) is 2.66. The molecule has 7 nitrogen and oxygen atoms in total. The molecule has 0 amide bonds. The van der Waals surface area contributed by atoms with Gasteiger partial charge in [0.2, 0.25) is 0 Å². The average molecular weight is 421 g/mol. The summed E-state index contributed by atoms with van der Waals surface area (Å²) in [6.45, 7) is 5.04. The molecular weight excluding hydrogens is 396 g/mol. The van der Waals surface area contributed by atoms with Crippen LogP contribution in [0.4, 0.5) is 0 Å². The number of tetrazole rings is 1. The third-order valence-electron chi connectivity index (χ3n) is 5.01. The molecule has 0 unspecified atom stereocenters. The normalized spacial score (nSPS) is 11.3. The Morgan fingerprint density at radius 2 is 1.83 bits per heavy atom. The number of rotatable bonds is 8. The van der Waals surface area contributed by atoms with Crippen LogP contribution >= 0.6 is 11.8 Å². The van der Waals surface area contributed by atoms with Gasteiger partial charge in [0.15, 0.2) is 11.0 Å². The number of aryl methyl sites for hydroxylation is 2. The summed E-state index contributed by atoms with van der Waals surface area (Å²) in [4.78, 5) is 18.1. The SMILES string of the molecule is CCCCn1nnnc1CSc1nc2ccccc2c(=O)n1-c1ccc(CC)cc1. The molecule has 0 radical (unpaired) electrons. The standard InChI is InChI=1S/C22H24N6OS/c1-3-5-14-27-20(24-25-26-27)15-30-22-23-19-9-7-6-8-18(19)21(29)28(22)17-12-10-16(4-2)11-13-17/h6-13H,3-5,14-15H2,1-2H3. The second kappa shape index (κ2) is 9.21. The van der Waals surface area contributed by atoms with E-state index in [-0.39, 0.29) is 5.56 Å². The number of thioether (sulfide) groups is 1. The summed E-state index contributed by atoms with van der Waals surface area (Å²) < 4.78 is 3.52. The van der Waals surface area contributed by atoms with Gasteiger partial charge in [-0.05, 0) is 53.1 Å². The molecular formula is C22H24N6OS. The molecule has 2 aromatic carbocycles. The smallest absolute Gasteiger partial charge is 0.266 e. The fourth-order valence-corrected chi connectivity index (χ4v) is 4.20. The Balaban J connectivity index is 1.74. The van der Waals surface area contributed by atoms with Crippen LogP contribution in [0.5, 0.6) is 0 Å². The fourth-order valence-electron chi connectivity index (χ4n) is 3.25. The maximum atomic E-state index is 13.3. The molecule has 154 valence electrons. The number of hydrogen-bond acceptors (Lipinski definition) is 6. The highest BCUT2D eigenvalue weighted by atomic mass is 32.2. The molecule has 0 fully saturated rings. The van der Waals surface area contributed by atoms with Gasteiger partial charge in [-0.3, -0.25) is 9.36 Å². The first-order valence-electron chi connectivity index (χ1n) is 10.2. The minimum Gasteiger partial charge on any atom is -0.268 e. The topological polar surface area (TPSA) is 78.5 Å². The molecule has 2 aromatic heterocycles. The van der Waals surface area contributed by atoms with Crippen LogP contribution in [-0.4, -0.2) is 29.8 Å². The number of benzene rings is 2. The predicted octanol–water partition coefficient (Wildman–Crippen LogP) is 4.03. The van der Waals surface area contributed by atoms with E-state index in [1.165, 1.54) is 17.3 Å². The maximum Gasteiger partial charge on any atom is 0.266 e. The van der Waals surface area contributed by atoms with Crippen molar-refractivity contribution in [3.05, 3.63) is 70.3 Å². The van der Waals surface area contributed by atoms with Crippen LogP contribution in [0.2, 0.25) is 0 Å². The van der Waals surface area contributed by atoms with E-state index in [4.69, 9.17) is 4.98 Å². The van der Waals surface area contributed by atoms with E-state index in [9.17, 15) is 4.79 Å². The van der Waals surface area contributed by atoms with Crippen molar-refractivity contribution in [2.75, 3.05) is 0 Å². The molecule has 0 aliphatic rings. The van der Waals surface area contributed by atoms with Crippen molar-refractivity contribution in [2.45, 2.75) is 50.6 Å². The lowest BCUT2D eigenvalue weighted by molar-refractivity contribution is 0.540. The van der Waals surface area contributed by atoms with Crippen LogP contribution in [0, 0.1) is 0 Å². The van der Waals surface area contributed by atoms with E-state index in [1.54, 1.807) is 4.57 Å². The first-order valence-corrected chi connectivity index (χ1v) is 11.2. The Labute approximate surface area is 179 Å². The molecule has 0 bridgehead atoms. The van der Waals surface area contributed by atoms with E-state index in [2.05, 4.69) is 41.5 Å². The highest BCUT2D eigenvalue weighted by Crippen LogP contribution is 2.24. The number of unbranched alkanes of at least 4 members (excludes halogenated alkanes) is 1. The van der Waals surface area contributed by atoms with E-state index < -0.39 is 0 Å². The van der Waals surface area contributed by atoms with Crippen molar-refractivity contribution in [3.63, 3.8) is 0 Å². The van der Waals surface area contributed by atoms with Crippen LogP contribution < -0.4 is 5.56 Å². The van der Waals surface area contributed by atoms with E-state index >= 15 is 0 Å². The lowest BCUT2D eigenvalue weighted by atomic mass is 10.1. The number of fused-ring (bicyclic) bond motifs is 1. The lowest BCUT2D eigenvalue weighted by Gasteiger charge is -2.13. The predicted molar refractivity (Wildman–Crippen MR) is 119 cm³/mol. The molecule has 0 atom stereocenters. The first-order chi connectivity index (χ1) is 14.7. The van der Waals surface area contributed by atoms with Crippen molar-refractivity contribution < 1.29 is 0 Å². The number of aromatic nitrogens is 6. The average Bonchev–Trinajstić information content (AvgIpc) is 3.24. The Kier molecular flexibility index (Phi) is 6.23. The quantitative estimate of drug-likeness (QED) is 0.316. The minimum absolute atomic E-state index is 0.0714. The van der Waals surface area contributed by atoms with Gasteiger partial charge in [0, 0.05) is 6.54 Å². The summed E-state index contributed by atoms with van der Waals surface area (Å²) in [6, 6.07) is 15.5. The van der Waals surface area contributed by atoms with Gasteiger partial charge in [-0.15, -0.1) is 5.10 Å². The maximum absolute atomic E-state index is 13.3. The Morgan fingerprint density at radius 3 is 2.60 bits per heavy atom. The van der Waals surface area contributed by atoms with Gasteiger partial charge in [-0.2, -0.15) is 0 Å². The third kappa shape index (κ3) is 4.14. The molecule has 0 saturated carbocycles. The van der Waals surface area contributed by atoms with E-state index in [1.807, 2.05) is 41.1 Å². The molecule has 4 rings (SSSR count). The largest absolute Gasteiger partial charge is 0.268 e. The van der Waals surface area contributed by atoms with Gasteiger partial charge in [0.25, 0.3) is 5.56 Å². The molecule has 2 heterocycles. The Morgan fingerprint density at radius 1 is 1.03 bits per heavy atom. The van der Waals surface area contributed by atoms with Gasteiger partial charge in [0.1, 0.15) is 0 Å². The molecule has 0 aliphatic heterocycles. The first kappa shape index (κ1) is 20.3. The number of para-hydroxylation sites is 1. The van der Waals surface area contributed by atoms with Gasteiger partial charge >= 0.3 is 0 Å². The van der Waals surface area contributed by atoms with Crippen molar-refractivity contribution in [1.82, 2.24) is 29.8 Å². The molecule has 30 heavy (non-hydrogen) atoms. The van der Waals surface area contributed by atoms with Crippen molar-refractivity contribution in [2.24, 2.45) is 0 Å². The zero-order valence-electron chi connectivity index (χ0n) is 17.2. The van der Waals surface area contributed by atoms with E-state index in [0.29, 0.717) is 21.8 Å². The monoisotopic (exact) mass is 420 g/mol. The molecule has 8 heteroatoms. The van der Waals surface area contributed by atoms with Crippen molar-refractivity contribution >= 4 is 22.7 Å². The summed E-state index contributed by atoms with van der Waals surface area (Å²) in [6.07, 6.45) is 3.05. The van der Waals surface area contributed by atoms with Crippen molar-refractivity contribution in [3.8, 4) is 5.69 Å². The molecule has 0 saturated heterocycles. The van der Waals surface area contributed by atoms with Crippen LogP contribution in [0.3, 0.4) is 0 Å². The third-order valence-corrected chi connectivity index (χ3v) is 5.94. The van der Waals surface area contributed by atoms with Gasteiger partial charge in [0.05, 0.1) is 22.3 Å². The zero-order valence-corrected chi connectivity index (χ0v) is 18.0. The summed E-state index contributed by atoms with van der Waals surface area (Å²) in [7, 11) is 0. The van der Waals surface area contributed by atoms with Crippen LogP contribution in [0.15, 0.2) is 58.5 Å². The fraction of sp³-hybridized carbons (Fsp3) is 0.318. The highest BCUT2D eigenvalue weighted by molar-refractivity contribution is 7.98. The minimum atomic E-state index is -0.0714. The van der Waals surface area contributed by atoms with Gasteiger partial charge < -0.3 is 0 Å². The second-order valence-corrected chi connectivity index (χ2v) is 7.98. The van der Waals surface area contributed by atoms with Crippen LogP contribution in [0.1, 0.15) is 38.1 Å². The number of hydrogen-bond donors (Lipinski definition) is 0. The Hall–Kier alpha value is -3.00. The second-order valence-electron chi connectivity index (χ2n) is 7.03. The highest BCUT2D eigenvalue weighted by Gasteiger charge is 2.15.